The summed E-state index contributed by atoms with van der Waals surface area (Å²) in [6, 6.07) is 8.71. The van der Waals surface area contributed by atoms with E-state index in [0.717, 1.165) is 6.42 Å². The van der Waals surface area contributed by atoms with Crippen molar-refractivity contribution in [2.24, 2.45) is 0 Å². The normalized spacial score (nSPS) is 10.1. The van der Waals surface area contributed by atoms with Gasteiger partial charge >= 0.3 is 0 Å². The van der Waals surface area contributed by atoms with Crippen LogP contribution in [0.25, 0.3) is 0 Å². The van der Waals surface area contributed by atoms with Crippen molar-refractivity contribution >= 4 is 0 Å². The molecule has 16 heavy (non-hydrogen) atoms. The summed E-state index contributed by atoms with van der Waals surface area (Å²) >= 11 is 0. The first-order valence-electron chi connectivity index (χ1n) is 5.96. The Morgan fingerprint density at radius 1 is 1.19 bits per heavy atom. The van der Waals surface area contributed by atoms with Crippen LogP contribution in [0.1, 0.15) is 44.2 Å². The van der Waals surface area contributed by atoms with Crippen LogP contribution in [-0.2, 0) is 0 Å². The minimum atomic E-state index is 0.653. The van der Waals surface area contributed by atoms with Crippen molar-refractivity contribution in [2.75, 3.05) is 0 Å². The molecule has 0 aliphatic rings. The predicted molar refractivity (Wildman–Crippen MR) is 74.9 cm³/mol. The predicted octanol–water partition coefficient (Wildman–Crippen LogP) is 5.26. The van der Waals surface area contributed by atoms with Crippen LogP contribution in [0.3, 0.4) is 0 Å². The summed E-state index contributed by atoms with van der Waals surface area (Å²) in [7, 11) is 0. The number of allylic oxidation sites excluding steroid dienone is 3. The fourth-order valence-electron chi connectivity index (χ4n) is 1.18. The van der Waals surface area contributed by atoms with Gasteiger partial charge < -0.3 is 0 Å². The SMILES string of the molecule is C=CC=CCC.Cc1ccc(C(C)C)cc1. The van der Waals surface area contributed by atoms with Crippen LogP contribution in [0.4, 0.5) is 0 Å². The summed E-state index contributed by atoms with van der Waals surface area (Å²) in [4.78, 5) is 0. The molecule has 1 aromatic rings. The molecule has 0 N–H and O–H groups in total. The zero-order valence-electron chi connectivity index (χ0n) is 11.0. The van der Waals surface area contributed by atoms with Crippen LogP contribution in [-0.4, -0.2) is 0 Å². The molecular weight excluding hydrogens is 192 g/mol. The van der Waals surface area contributed by atoms with Crippen molar-refractivity contribution < 1.29 is 0 Å². The standard InChI is InChI=1S/C10H14.C6H10/c1-8(2)10-6-4-9(3)5-7-10;1-3-5-6-4-2/h4-8H,1-3H3;3,5-6H,1,4H2,2H3. The van der Waals surface area contributed by atoms with Crippen molar-refractivity contribution in [1.29, 1.82) is 0 Å². The molecule has 0 aliphatic carbocycles. The fraction of sp³-hybridized carbons (Fsp3) is 0.375. The maximum atomic E-state index is 3.51. The van der Waals surface area contributed by atoms with Gasteiger partial charge in [-0.15, -0.1) is 0 Å². The zero-order chi connectivity index (χ0) is 12.4. The van der Waals surface area contributed by atoms with Gasteiger partial charge in [-0.3, -0.25) is 0 Å². The molecule has 0 aromatic heterocycles. The Bertz CT molecular complexity index is 301. The molecule has 88 valence electrons. The molecule has 0 radical (unpaired) electrons. The third kappa shape index (κ3) is 7.05. The summed E-state index contributed by atoms with van der Waals surface area (Å²) in [6.45, 7) is 12.1. The lowest BCUT2D eigenvalue weighted by molar-refractivity contribution is 0.866. The summed E-state index contributed by atoms with van der Waals surface area (Å²) < 4.78 is 0. The van der Waals surface area contributed by atoms with E-state index in [-0.39, 0.29) is 0 Å². The summed E-state index contributed by atoms with van der Waals surface area (Å²) in [5.74, 6) is 0.653. The average molecular weight is 216 g/mol. The maximum absolute atomic E-state index is 3.51. The third-order valence-corrected chi connectivity index (χ3v) is 2.25. The zero-order valence-corrected chi connectivity index (χ0v) is 11.0. The average Bonchev–Trinajstić information content (AvgIpc) is 2.28. The maximum Gasteiger partial charge on any atom is -0.0219 e. The van der Waals surface area contributed by atoms with Gasteiger partial charge in [-0.2, -0.15) is 0 Å². The lowest BCUT2D eigenvalue weighted by atomic mass is 10.0. The van der Waals surface area contributed by atoms with Crippen molar-refractivity contribution in [3.8, 4) is 0 Å². The smallest absolute Gasteiger partial charge is 0.0219 e. The van der Waals surface area contributed by atoms with Crippen molar-refractivity contribution in [3.63, 3.8) is 0 Å². The van der Waals surface area contributed by atoms with Crippen molar-refractivity contribution in [1.82, 2.24) is 0 Å². The van der Waals surface area contributed by atoms with E-state index in [1.54, 1.807) is 6.08 Å². The van der Waals surface area contributed by atoms with Crippen LogP contribution >= 0.6 is 0 Å². The first kappa shape index (κ1) is 14.7. The molecule has 0 aliphatic heterocycles. The van der Waals surface area contributed by atoms with Gasteiger partial charge in [-0.1, -0.05) is 75.4 Å². The number of hydrogen-bond acceptors (Lipinski definition) is 0. The monoisotopic (exact) mass is 216 g/mol. The second-order valence-corrected chi connectivity index (χ2v) is 4.14. The van der Waals surface area contributed by atoms with Crippen LogP contribution in [0, 0.1) is 6.92 Å². The van der Waals surface area contributed by atoms with E-state index in [2.05, 4.69) is 64.6 Å². The quantitative estimate of drug-likeness (QED) is 0.605. The van der Waals surface area contributed by atoms with Gasteiger partial charge in [0, 0.05) is 0 Å². The molecule has 0 fully saturated rings. The van der Waals surface area contributed by atoms with E-state index in [9.17, 15) is 0 Å². The lowest BCUT2D eigenvalue weighted by Crippen LogP contribution is -1.85. The first-order valence-corrected chi connectivity index (χ1v) is 5.96. The summed E-state index contributed by atoms with van der Waals surface area (Å²) in [6.07, 6.45) is 6.89. The Morgan fingerprint density at radius 3 is 2.06 bits per heavy atom. The Hall–Kier alpha value is -1.30. The molecule has 0 nitrogen and oxygen atoms in total. The Balaban J connectivity index is 0.000000325. The van der Waals surface area contributed by atoms with Crippen LogP contribution in [0.5, 0.6) is 0 Å². The van der Waals surface area contributed by atoms with E-state index < -0.39 is 0 Å². The molecule has 1 rings (SSSR count). The van der Waals surface area contributed by atoms with Crippen LogP contribution in [0.2, 0.25) is 0 Å². The lowest BCUT2D eigenvalue weighted by Gasteiger charge is -2.03. The van der Waals surface area contributed by atoms with E-state index in [0.29, 0.717) is 5.92 Å². The van der Waals surface area contributed by atoms with Crippen LogP contribution in [0.15, 0.2) is 49.1 Å². The number of benzene rings is 1. The van der Waals surface area contributed by atoms with Gasteiger partial charge in [0.05, 0.1) is 0 Å². The molecule has 1 aromatic carbocycles. The number of hydrogen-bond donors (Lipinski definition) is 0. The molecule has 0 saturated carbocycles. The topological polar surface area (TPSA) is 0 Å². The second kappa shape index (κ2) is 8.96. The van der Waals surface area contributed by atoms with E-state index in [4.69, 9.17) is 0 Å². The van der Waals surface area contributed by atoms with Gasteiger partial charge in [-0.05, 0) is 24.8 Å². The molecule has 0 amide bonds. The Kier molecular flexibility index (Phi) is 8.24. The Labute approximate surface area is 101 Å². The van der Waals surface area contributed by atoms with Gasteiger partial charge in [0.2, 0.25) is 0 Å². The molecule has 0 spiro atoms. The third-order valence-electron chi connectivity index (χ3n) is 2.25. The van der Waals surface area contributed by atoms with E-state index >= 15 is 0 Å². The highest BCUT2D eigenvalue weighted by Crippen LogP contribution is 2.13. The number of rotatable bonds is 3. The van der Waals surface area contributed by atoms with Gasteiger partial charge in [0.25, 0.3) is 0 Å². The summed E-state index contributed by atoms with van der Waals surface area (Å²) in [5, 5.41) is 0. The molecule has 0 heterocycles. The van der Waals surface area contributed by atoms with Gasteiger partial charge in [0.1, 0.15) is 0 Å². The Morgan fingerprint density at radius 2 is 1.75 bits per heavy atom. The van der Waals surface area contributed by atoms with E-state index in [1.807, 2.05) is 6.08 Å². The van der Waals surface area contributed by atoms with E-state index in [1.165, 1.54) is 11.1 Å². The molecule has 0 saturated heterocycles. The molecule has 0 unspecified atom stereocenters. The minimum Gasteiger partial charge on any atom is -0.0991 e. The van der Waals surface area contributed by atoms with Gasteiger partial charge in [0.15, 0.2) is 0 Å². The molecule has 0 heteroatoms. The largest absolute Gasteiger partial charge is 0.0991 e. The first-order chi connectivity index (χ1) is 7.61. The highest BCUT2D eigenvalue weighted by atomic mass is 14.0. The molecular formula is C16H24. The number of aryl methyl sites for hydroxylation is 1. The van der Waals surface area contributed by atoms with Crippen molar-refractivity contribution in [2.45, 2.75) is 40.0 Å². The van der Waals surface area contributed by atoms with Crippen LogP contribution < -0.4 is 0 Å². The van der Waals surface area contributed by atoms with Crippen molar-refractivity contribution in [3.05, 3.63) is 60.2 Å². The highest BCUT2D eigenvalue weighted by molar-refractivity contribution is 5.23. The summed E-state index contributed by atoms with van der Waals surface area (Å²) in [5.41, 5.74) is 2.76. The highest BCUT2D eigenvalue weighted by Gasteiger charge is 1.95. The second-order valence-electron chi connectivity index (χ2n) is 4.14. The fourth-order valence-corrected chi connectivity index (χ4v) is 1.18. The molecule has 0 atom stereocenters. The molecule has 0 bridgehead atoms. The minimum absolute atomic E-state index is 0.653. The van der Waals surface area contributed by atoms with Gasteiger partial charge in [-0.25, -0.2) is 0 Å².